The number of aliphatic hydroxyl groups excluding tert-OH is 1. The predicted octanol–water partition coefficient (Wildman–Crippen LogP) is 2.32. The molecule has 1 saturated carbocycles. The van der Waals surface area contributed by atoms with Crippen LogP contribution in [0.15, 0.2) is 0 Å². The smallest absolute Gasteiger partial charge is 0.0445 e. The van der Waals surface area contributed by atoms with E-state index in [1.54, 1.807) is 0 Å². The Bertz CT molecular complexity index is 168. The average molecular weight is 199 g/mol. The van der Waals surface area contributed by atoms with Crippen LogP contribution in [0.25, 0.3) is 0 Å². The second-order valence-corrected chi connectivity index (χ2v) is 5.54. The summed E-state index contributed by atoms with van der Waals surface area (Å²) < 4.78 is 0. The van der Waals surface area contributed by atoms with E-state index >= 15 is 0 Å². The zero-order chi connectivity index (χ0) is 10.6. The fraction of sp³-hybridized carbons (Fsp3) is 1.00. The van der Waals surface area contributed by atoms with Crippen LogP contribution in [0.2, 0.25) is 0 Å². The molecule has 1 unspecified atom stereocenters. The molecule has 2 nitrogen and oxygen atoms in total. The lowest BCUT2D eigenvalue weighted by atomic mass is 9.75. The fourth-order valence-corrected chi connectivity index (χ4v) is 2.52. The minimum atomic E-state index is 0.296. The second-order valence-electron chi connectivity index (χ2n) is 5.54. The van der Waals surface area contributed by atoms with Gasteiger partial charge in [-0.1, -0.05) is 20.3 Å². The van der Waals surface area contributed by atoms with Crippen molar-refractivity contribution in [2.24, 2.45) is 5.41 Å². The van der Waals surface area contributed by atoms with Crippen LogP contribution in [-0.2, 0) is 0 Å². The largest absolute Gasteiger partial charge is 0.396 e. The second kappa shape index (κ2) is 5.13. The van der Waals surface area contributed by atoms with Crippen molar-refractivity contribution >= 4 is 0 Å². The maximum atomic E-state index is 8.83. The van der Waals surface area contributed by atoms with Crippen LogP contribution in [0.4, 0.5) is 0 Å². The molecule has 0 heterocycles. The Kier molecular flexibility index (Phi) is 4.39. The highest BCUT2D eigenvalue weighted by Crippen LogP contribution is 2.35. The molecule has 0 aromatic heterocycles. The van der Waals surface area contributed by atoms with Crippen molar-refractivity contribution in [3.05, 3.63) is 0 Å². The van der Waals surface area contributed by atoms with E-state index in [2.05, 4.69) is 26.1 Å². The van der Waals surface area contributed by atoms with Crippen LogP contribution in [0.3, 0.4) is 0 Å². The summed E-state index contributed by atoms with van der Waals surface area (Å²) in [6.07, 6.45) is 6.16. The fourth-order valence-electron chi connectivity index (χ4n) is 2.52. The summed E-state index contributed by atoms with van der Waals surface area (Å²) >= 11 is 0. The monoisotopic (exact) mass is 199 g/mol. The molecule has 2 atom stereocenters. The van der Waals surface area contributed by atoms with Crippen molar-refractivity contribution in [3.63, 3.8) is 0 Å². The van der Waals surface area contributed by atoms with Gasteiger partial charge in [-0.05, 0) is 38.0 Å². The Hall–Kier alpha value is -0.0800. The maximum Gasteiger partial charge on any atom is 0.0445 e. The number of rotatable bonds is 4. The van der Waals surface area contributed by atoms with Crippen LogP contribution >= 0.6 is 0 Å². The molecule has 1 rings (SSSR count). The van der Waals surface area contributed by atoms with Crippen LogP contribution in [0.5, 0.6) is 0 Å². The van der Waals surface area contributed by atoms with Gasteiger partial charge in [0.15, 0.2) is 0 Å². The van der Waals surface area contributed by atoms with Gasteiger partial charge >= 0.3 is 0 Å². The van der Waals surface area contributed by atoms with Crippen molar-refractivity contribution in [2.45, 2.75) is 65.0 Å². The highest BCUT2D eigenvalue weighted by atomic mass is 16.3. The zero-order valence-electron chi connectivity index (χ0n) is 9.84. The van der Waals surface area contributed by atoms with E-state index < -0.39 is 0 Å². The van der Waals surface area contributed by atoms with Gasteiger partial charge in [-0.2, -0.15) is 0 Å². The van der Waals surface area contributed by atoms with Crippen molar-refractivity contribution in [3.8, 4) is 0 Å². The lowest BCUT2D eigenvalue weighted by Crippen LogP contribution is -2.42. The zero-order valence-corrected chi connectivity index (χ0v) is 9.84. The van der Waals surface area contributed by atoms with Crippen molar-refractivity contribution in [1.29, 1.82) is 0 Å². The van der Waals surface area contributed by atoms with E-state index in [4.69, 9.17) is 5.11 Å². The summed E-state index contributed by atoms with van der Waals surface area (Å²) in [6.45, 7) is 7.18. The van der Waals surface area contributed by atoms with Gasteiger partial charge in [0.05, 0.1) is 0 Å². The molecule has 0 aromatic rings. The van der Waals surface area contributed by atoms with Gasteiger partial charge in [0, 0.05) is 18.7 Å². The molecule has 84 valence electrons. The van der Waals surface area contributed by atoms with Gasteiger partial charge in [0.2, 0.25) is 0 Å². The number of nitrogens with one attached hydrogen (secondary N) is 1. The Labute approximate surface area is 88.1 Å². The third kappa shape index (κ3) is 3.97. The van der Waals surface area contributed by atoms with E-state index in [1.165, 1.54) is 25.7 Å². The topological polar surface area (TPSA) is 32.3 Å². The first-order valence-corrected chi connectivity index (χ1v) is 5.90. The molecule has 0 amide bonds. The third-order valence-electron chi connectivity index (χ3n) is 3.29. The Morgan fingerprint density at radius 3 is 2.79 bits per heavy atom. The van der Waals surface area contributed by atoms with Crippen LogP contribution < -0.4 is 5.32 Å². The molecule has 1 aliphatic rings. The highest BCUT2D eigenvalue weighted by molar-refractivity contribution is 4.84. The highest BCUT2D eigenvalue weighted by Gasteiger charge is 2.28. The standard InChI is InChI=1S/C12H25NO/c1-10(6-8-14)13-11-5-4-7-12(2,3)9-11/h10-11,13-14H,4-9H2,1-3H3/t10-,11?/m1/s1. The quantitative estimate of drug-likeness (QED) is 0.728. The molecule has 2 heteroatoms. The van der Waals surface area contributed by atoms with Gasteiger partial charge in [-0.25, -0.2) is 0 Å². The molecule has 0 bridgehead atoms. The van der Waals surface area contributed by atoms with E-state index in [-0.39, 0.29) is 0 Å². The van der Waals surface area contributed by atoms with Gasteiger partial charge in [-0.15, -0.1) is 0 Å². The van der Waals surface area contributed by atoms with E-state index in [1.807, 2.05) is 0 Å². The summed E-state index contributed by atoms with van der Waals surface area (Å²) in [5.74, 6) is 0. The Morgan fingerprint density at radius 1 is 1.50 bits per heavy atom. The lowest BCUT2D eigenvalue weighted by molar-refractivity contribution is 0.182. The van der Waals surface area contributed by atoms with Gasteiger partial charge in [0.1, 0.15) is 0 Å². The van der Waals surface area contributed by atoms with Gasteiger partial charge in [-0.3, -0.25) is 0 Å². The first kappa shape index (κ1) is 12.0. The summed E-state index contributed by atoms with van der Waals surface area (Å²) in [4.78, 5) is 0. The average Bonchev–Trinajstić information content (AvgIpc) is 2.02. The summed E-state index contributed by atoms with van der Waals surface area (Å²) in [7, 11) is 0. The summed E-state index contributed by atoms with van der Waals surface area (Å²) in [6, 6.07) is 1.12. The molecule has 1 fully saturated rings. The van der Waals surface area contributed by atoms with E-state index in [0.717, 1.165) is 6.42 Å². The molecular weight excluding hydrogens is 174 g/mol. The molecule has 0 aliphatic heterocycles. The predicted molar refractivity (Wildman–Crippen MR) is 60.3 cm³/mol. The van der Waals surface area contributed by atoms with Crippen LogP contribution in [-0.4, -0.2) is 23.8 Å². The van der Waals surface area contributed by atoms with Crippen LogP contribution in [0, 0.1) is 5.41 Å². The number of hydrogen-bond donors (Lipinski definition) is 2. The molecule has 0 spiro atoms. The van der Waals surface area contributed by atoms with E-state index in [9.17, 15) is 0 Å². The van der Waals surface area contributed by atoms with Crippen LogP contribution in [0.1, 0.15) is 52.9 Å². The summed E-state index contributed by atoms with van der Waals surface area (Å²) in [5, 5.41) is 12.4. The summed E-state index contributed by atoms with van der Waals surface area (Å²) in [5.41, 5.74) is 0.509. The Morgan fingerprint density at radius 2 is 2.21 bits per heavy atom. The molecule has 2 N–H and O–H groups in total. The first-order chi connectivity index (χ1) is 6.53. The van der Waals surface area contributed by atoms with Crippen molar-refractivity contribution in [2.75, 3.05) is 6.61 Å². The number of aliphatic hydroxyl groups is 1. The Balaban J connectivity index is 2.30. The first-order valence-electron chi connectivity index (χ1n) is 5.90. The third-order valence-corrected chi connectivity index (χ3v) is 3.29. The normalized spacial score (nSPS) is 28.7. The van der Waals surface area contributed by atoms with Gasteiger partial charge in [0.25, 0.3) is 0 Å². The maximum absolute atomic E-state index is 8.83. The molecule has 14 heavy (non-hydrogen) atoms. The molecule has 0 radical (unpaired) electrons. The molecular formula is C12H25NO. The minimum absolute atomic E-state index is 0.296. The number of hydrogen-bond acceptors (Lipinski definition) is 2. The van der Waals surface area contributed by atoms with E-state index in [0.29, 0.717) is 24.1 Å². The molecule has 0 aromatic carbocycles. The minimum Gasteiger partial charge on any atom is -0.396 e. The molecule has 1 aliphatic carbocycles. The van der Waals surface area contributed by atoms with Gasteiger partial charge < -0.3 is 10.4 Å². The lowest BCUT2D eigenvalue weighted by Gasteiger charge is -2.37. The molecule has 0 saturated heterocycles. The van der Waals surface area contributed by atoms with Crippen molar-refractivity contribution in [1.82, 2.24) is 5.32 Å². The van der Waals surface area contributed by atoms with Crippen molar-refractivity contribution < 1.29 is 5.11 Å². The SMILES string of the molecule is C[C@H](CCO)NC1CCCC(C)(C)C1.